The number of hydrogen-bond donors (Lipinski definition) is 0. The summed E-state index contributed by atoms with van der Waals surface area (Å²) in [5.74, 6) is 0. The Morgan fingerprint density at radius 3 is 3.08 bits per heavy atom. The van der Waals surface area contributed by atoms with Gasteiger partial charge in [-0.3, -0.25) is 0 Å². The van der Waals surface area contributed by atoms with Crippen LogP contribution in [0.1, 0.15) is 0 Å². The Kier molecular flexibility index (Phi) is 1.11. The highest BCUT2D eigenvalue weighted by atomic mass is 15.5. The van der Waals surface area contributed by atoms with E-state index in [4.69, 9.17) is 0 Å². The molecule has 62 valence electrons. The Morgan fingerprint density at radius 2 is 2.08 bits per heavy atom. The minimum atomic E-state index is 0.741. The number of fused-ring (bicyclic) bond motifs is 3. The number of hydrogen-bond acceptors (Lipinski definition) is 4. The van der Waals surface area contributed by atoms with Gasteiger partial charge in [0.2, 0.25) is 0 Å². The third-order valence-electron chi connectivity index (χ3n) is 1.94. The number of tetrazole rings is 1. The van der Waals surface area contributed by atoms with Crippen molar-refractivity contribution in [1.29, 1.82) is 0 Å². The Morgan fingerprint density at radius 1 is 1.15 bits per heavy atom. The van der Waals surface area contributed by atoms with E-state index in [1.807, 2.05) is 24.3 Å². The van der Waals surface area contributed by atoms with Gasteiger partial charge in [-0.25, -0.2) is 4.98 Å². The monoisotopic (exact) mass is 171 g/mol. The van der Waals surface area contributed by atoms with Crippen molar-refractivity contribution in [2.45, 2.75) is 0 Å². The van der Waals surface area contributed by atoms with Crippen LogP contribution in [0.3, 0.4) is 0 Å². The number of aromatic nitrogens is 5. The maximum Gasteiger partial charge on any atom is 0.190 e. The van der Waals surface area contributed by atoms with E-state index in [2.05, 4.69) is 20.5 Å². The molecule has 0 unspecified atom stereocenters. The molecule has 0 fully saturated rings. The van der Waals surface area contributed by atoms with E-state index in [1.165, 1.54) is 0 Å². The molecule has 0 spiro atoms. The molecule has 0 saturated carbocycles. The van der Waals surface area contributed by atoms with E-state index in [0.717, 1.165) is 16.6 Å². The highest BCUT2D eigenvalue weighted by molar-refractivity contribution is 5.90. The summed E-state index contributed by atoms with van der Waals surface area (Å²) in [6.07, 6.45) is 1.61. The molecule has 0 aliphatic carbocycles. The van der Waals surface area contributed by atoms with Gasteiger partial charge in [-0.1, -0.05) is 12.1 Å². The molecule has 0 amide bonds. The predicted octanol–water partition coefficient (Wildman–Crippen LogP) is 0.672. The molecule has 0 atom stereocenters. The van der Waals surface area contributed by atoms with Gasteiger partial charge in [0.15, 0.2) is 5.65 Å². The third kappa shape index (κ3) is 0.807. The number of benzene rings is 1. The average molecular weight is 171 g/mol. The number of nitrogens with zero attached hydrogens (tertiary/aromatic N) is 5. The molecule has 0 radical (unpaired) electrons. The lowest BCUT2D eigenvalue weighted by Gasteiger charge is -1.95. The Hall–Kier alpha value is -2.04. The van der Waals surface area contributed by atoms with E-state index in [0.29, 0.717) is 0 Å². The summed E-state index contributed by atoms with van der Waals surface area (Å²) in [7, 11) is 0. The van der Waals surface area contributed by atoms with Gasteiger partial charge in [-0.15, -0.1) is 5.10 Å². The van der Waals surface area contributed by atoms with Crippen molar-refractivity contribution in [2.75, 3.05) is 0 Å². The Bertz CT molecular complexity index is 571. The molecule has 5 nitrogen and oxygen atoms in total. The summed E-state index contributed by atoms with van der Waals surface area (Å²) >= 11 is 0. The van der Waals surface area contributed by atoms with Crippen molar-refractivity contribution in [1.82, 2.24) is 25.0 Å². The van der Waals surface area contributed by atoms with E-state index in [9.17, 15) is 0 Å². The highest BCUT2D eigenvalue weighted by Crippen LogP contribution is 2.13. The van der Waals surface area contributed by atoms with Crippen LogP contribution >= 0.6 is 0 Å². The second-order valence-electron chi connectivity index (χ2n) is 2.71. The highest BCUT2D eigenvalue weighted by Gasteiger charge is 2.02. The van der Waals surface area contributed by atoms with Crippen LogP contribution in [0.5, 0.6) is 0 Å². The Balaban J connectivity index is 2.65. The van der Waals surface area contributed by atoms with Gasteiger partial charge >= 0.3 is 0 Å². The molecule has 0 N–H and O–H groups in total. The molecule has 0 aliphatic rings. The van der Waals surface area contributed by atoms with Gasteiger partial charge in [0.1, 0.15) is 6.33 Å². The minimum absolute atomic E-state index is 0.741. The molecule has 3 aromatic rings. The van der Waals surface area contributed by atoms with Crippen molar-refractivity contribution in [2.24, 2.45) is 0 Å². The van der Waals surface area contributed by atoms with Crippen LogP contribution in [0.4, 0.5) is 0 Å². The zero-order valence-electron chi connectivity index (χ0n) is 6.62. The first-order valence-electron chi connectivity index (χ1n) is 3.86. The second-order valence-corrected chi connectivity index (χ2v) is 2.71. The molecule has 0 aliphatic heterocycles. The van der Waals surface area contributed by atoms with Gasteiger partial charge < -0.3 is 0 Å². The van der Waals surface area contributed by atoms with Crippen molar-refractivity contribution in [3.63, 3.8) is 0 Å². The maximum absolute atomic E-state index is 4.20. The van der Waals surface area contributed by atoms with Crippen molar-refractivity contribution in [3.8, 4) is 0 Å². The van der Waals surface area contributed by atoms with Crippen molar-refractivity contribution >= 4 is 16.6 Å². The molecule has 0 bridgehead atoms. The fraction of sp³-hybridized carbons (Fsp3) is 0. The van der Waals surface area contributed by atoms with E-state index in [-0.39, 0.29) is 0 Å². The zero-order chi connectivity index (χ0) is 8.67. The first-order valence-corrected chi connectivity index (χ1v) is 3.86. The van der Waals surface area contributed by atoms with Gasteiger partial charge in [-0.2, -0.15) is 4.52 Å². The topological polar surface area (TPSA) is 56.0 Å². The lowest BCUT2D eigenvalue weighted by Crippen LogP contribution is -1.90. The fourth-order valence-electron chi connectivity index (χ4n) is 1.34. The molecule has 2 heterocycles. The van der Waals surface area contributed by atoms with Gasteiger partial charge in [0.25, 0.3) is 0 Å². The normalized spacial score (nSPS) is 11.1. The molecule has 5 heteroatoms. The summed E-state index contributed by atoms with van der Waals surface area (Å²) in [5, 5.41) is 12.2. The maximum atomic E-state index is 4.20. The van der Waals surface area contributed by atoms with Crippen LogP contribution in [0.25, 0.3) is 16.6 Å². The standard InChI is InChI=1S/C8H5N5/c1-2-4-7-6(3-1)8-10-11-12-13(8)5-9-7/h1-5H. The summed E-state index contributed by atoms with van der Waals surface area (Å²) < 4.78 is 1.56. The molecule has 0 saturated heterocycles. The van der Waals surface area contributed by atoms with Crippen LogP contribution in [-0.4, -0.2) is 25.0 Å². The minimum Gasteiger partial charge on any atom is -0.236 e. The van der Waals surface area contributed by atoms with Crippen molar-refractivity contribution < 1.29 is 0 Å². The molecule has 1 aromatic carbocycles. The first-order chi connectivity index (χ1) is 6.45. The average Bonchev–Trinajstić information content (AvgIpc) is 2.65. The quantitative estimate of drug-likeness (QED) is 0.499. The van der Waals surface area contributed by atoms with Gasteiger partial charge in [-0.05, 0) is 22.6 Å². The van der Waals surface area contributed by atoms with E-state index >= 15 is 0 Å². The largest absolute Gasteiger partial charge is 0.236 e. The van der Waals surface area contributed by atoms with Crippen LogP contribution in [-0.2, 0) is 0 Å². The Labute approximate surface area is 73.0 Å². The summed E-state index contributed by atoms with van der Waals surface area (Å²) in [6, 6.07) is 7.77. The molecular formula is C8H5N5. The van der Waals surface area contributed by atoms with Crippen molar-refractivity contribution in [3.05, 3.63) is 30.6 Å². The first kappa shape index (κ1) is 6.47. The van der Waals surface area contributed by atoms with Crippen LogP contribution in [0.15, 0.2) is 30.6 Å². The van der Waals surface area contributed by atoms with E-state index < -0.39 is 0 Å². The smallest absolute Gasteiger partial charge is 0.190 e. The summed E-state index contributed by atoms with van der Waals surface area (Å²) in [6.45, 7) is 0. The summed E-state index contributed by atoms with van der Waals surface area (Å²) in [5.41, 5.74) is 1.65. The van der Waals surface area contributed by atoms with Crippen LogP contribution in [0, 0.1) is 0 Å². The third-order valence-corrected chi connectivity index (χ3v) is 1.94. The van der Waals surface area contributed by atoms with E-state index in [1.54, 1.807) is 10.8 Å². The SMILES string of the molecule is c1ccc2c(c1)ncn1nnnc21. The molecule has 13 heavy (non-hydrogen) atoms. The number of para-hydroxylation sites is 1. The predicted molar refractivity (Wildman–Crippen MR) is 46.1 cm³/mol. The lowest BCUT2D eigenvalue weighted by atomic mass is 10.2. The second kappa shape index (κ2) is 2.22. The molecular weight excluding hydrogens is 166 g/mol. The number of rotatable bonds is 0. The molecule has 3 rings (SSSR count). The fourth-order valence-corrected chi connectivity index (χ4v) is 1.34. The lowest BCUT2D eigenvalue weighted by molar-refractivity contribution is 0.812. The van der Waals surface area contributed by atoms with Gasteiger partial charge in [0.05, 0.1) is 5.52 Å². The van der Waals surface area contributed by atoms with Crippen LogP contribution < -0.4 is 0 Å². The molecule has 2 aromatic heterocycles. The summed E-state index contributed by atoms with van der Waals surface area (Å²) in [4.78, 5) is 4.20. The van der Waals surface area contributed by atoms with Gasteiger partial charge in [0, 0.05) is 5.39 Å². The van der Waals surface area contributed by atoms with Crippen LogP contribution in [0.2, 0.25) is 0 Å². The zero-order valence-corrected chi connectivity index (χ0v) is 6.62.